The summed E-state index contributed by atoms with van der Waals surface area (Å²) >= 11 is 0. The van der Waals surface area contributed by atoms with Gasteiger partial charge in [0.05, 0.1) is 10.8 Å². The first-order valence-corrected chi connectivity index (χ1v) is 20.7. The Balaban J connectivity index is 0.000000156. The fraction of sp³-hybridized carbons (Fsp3) is 0.0943. The van der Waals surface area contributed by atoms with Crippen molar-refractivity contribution in [2.75, 3.05) is 13.3 Å². The summed E-state index contributed by atoms with van der Waals surface area (Å²) in [5, 5.41) is 0. The Kier molecular flexibility index (Phi) is 10.9. The van der Waals surface area contributed by atoms with Crippen LogP contribution in [0.2, 0.25) is 0 Å². The second kappa shape index (κ2) is 16.1. The van der Waals surface area contributed by atoms with E-state index in [4.69, 9.17) is 0 Å². The maximum absolute atomic E-state index is 4.12. The number of fused-ring (bicyclic) bond motifs is 6. The van der Waals surface area contributed by atoms with Gasteiger partial charge in [-0.2, -0.15) is 0 Å². The molecule has 7 aromatic rings. The van der Waals surface area contributed by atoms with Crippen molar-refractivity contribution >= 4 is 8.58 Å². The zero-order valence-electron chi connectivity index (χ0n) is 31.5. The van der Waals surface area contributed by atoms with Crippen LogP contribution in [0, 0.1) is 6.92 Å². The van der Waals surface area contributed by atoms with Gasteiger partial charge in [-0.25, -0.2) is 0 Å². The van der Waals surface area contributed by atoms with Gasteiger partial charge in [-0.05, 0) is 87.0 Å². The van der Waals surface area contributed by atoms with Crippen LogP contribution < -0.4 is 0 Å². The molecule has 1 heteroatoms. The topological polar surface area (TPSA) is 0 Å². The van der Waals surface area contributed by atoms with Gasteiger partial charge in [0.2, 0.25) is 0 Å². The summed E-state index contributed by atoms with van der Waals surface area (Å²) in [6.07, 6.45) is 5.90. The molecule has 0 atom stereocenters. The van der Waals surface area contributed by atoms with Crippen molar-refractivity contribution in [3.8, 4) is 22.3 Å². The molecule has 54 heavy (non-hydrogen) atoms. The summed E-state index contributed by atoms with van der Waals surface area (Å²) in [5.41, 5.74) is 16.3. The first-order valence-electron chi connectivity index (χ1n) is 18.7. The van der Waals surface area contributed by atoms with Crippen LogP contribution in [0.5, 0.6) is 0 Å². The van der Waals surface area contributed by atoms with Gasteiger partial charge in [0.15, 0.2) is 0 Å². The molecule has 2 aliphatic rings. The van der Waals surface area contributed by atoms with Crippen LogP contribution >= 0.6 is 8.58 Å². The molecule has 0 saturated carbocycles. The van der Waals surface area contributed by atoms with Gasteiger partial charge >= 0.3 is 0 Å². The fourth-order valence-electron chi connectivity index (χ4n) is 8.74. The minimum atomic E-state index is -0.357. The maximum Gasteiger partial charge on any atom is 0.0713 e. The predicted molar refractivity (Wildman–Crippen MR) is 235 cm³/mol. The molecule has 2 aliphatic carbocycles. The van der Waals surface area contributed by atoms with Gasteiger partial charge in [-0.3, -0.25) is 0 Å². The molecule has 0 heterocycles. The highest BCUT2D eigenvalue weighted by molar-refractivity contribution is 7.35. The first kappa shape index (κ1) is 36.5. The summed E-state index contributed by atoms with van der Waals surface area (Å²) in [4.78, 5) is 0. The second-order valence-corrected chi connectivity index (χ2v) is 14.8. The molecular weight excluding hydrogens is 668 g/mol. The van der Waals surface area contributed by atoms with E-state index in [0.717, 1.165) is 14.2 Å². The first-order chi connectivity index (χ1) is 26.6. The lowest BCUT2D eigenvalue weighted by Gasteiger charge is -2.34. The molecule has 264 valence electrons. The summed E-state index contributed by atoms with van der Waals surface area (Å²) < 4.78 is 0. The van der Waals surface area contributed by atoms with E-state index in [9.17, 15) is 0 Å². The molecule has 9 rings (SSSR count). The zero-order chi connectivity index (χ0) is 37.5. The largest absolute Gasteiger partial charge is 0.129 e. The molecule has 0 N–H and O–H groups in total. The Morgan fingerprint density at radius 1 is 0.463 bits per heavy atom. The van der Waals surface area contributed by atoms with Crippen LogP contribution in [0.15, 0.2) is 219 Å². The SMILES string of the molecule is C=C/C=C(\C=C)C1(c2ccccc2)c2ccccc2-c2ccccc21.CPC.Cc1ccc2c(c1)C(c1ccccc1)(c1ccccc1)c1ccccc1-2. The second-order valence-electron chi connectivity index (χ2n) is 13.8. The molecule has 0 amide bonds. The van der Waals surface area contributed by atoms with E-state index >= 15 is 0 Å². The number of hydrogen-bond acceptors (Lipinski definition) is 0. The Morgan fingerprint density at radius 3 is 1.31 bits per heavy atom. The summed E-state index contributed by atoms with van der Waals surface area (Å²) in [5.74, 6) is 0. The third-order valence-corrected chi connectivity index (χ3v) is 10.7. The minimum absolute atomic E-state index is 0.263. The molecule has 0 unspecified atom stereocenters. The number of hydrogen-bond donors (Lipinski definition) is 0. The van der Waals surface area contributed by atoms with Crippen LogP contribution in [0.3, 0.4) is 0 Å². The predicted octanol–water partition coefficient (Wildman–Crippen LogP) is 13.6. The van der Waals surface area contributed by atoms with Crippen LogP contribution in [-0.4, -0.2) is 13.3 Å². The van der Waals surface area contributed by atoms with Gasteiger partial charge in [-0.15, -0.1) is 8.58 Å². The molecule has 0 aliphatic heterocycles. The third-order valence-electron chi connectivity index (χ3n) is 10.7. The number of allylic oxidation sites excluding steroid dienone is 4. The third kappa shape index (κ3) is 6.02. The standard InChI is InChI=1S/C26H20.C25H20.C2H7P/c1-19-16-17-23-22-14-8-9-15-24(22)26(25(23)18-19,20-10-4-2-5-11-20)21-12-6-3-7-13-21;1-3-12-19(4-2)25(20-13-6-5-7-14-20)23-17-10-8-15-21(23)22-16-9-11-18-24(22)25;1-3-2/h2-18H,1H3;3-18H,1-2H2;3H,1-2H3/b;19-12+;. The van der Waals surface area contributed by atoms with Crippen molar-refractivity contribution in [2.45, 2.75) is 17.8 Å². The molecule has 0 bridgehead atoms. The normalized spacial score (nSPS) is 13.7. The lowest BCUT2D eigenvalue weighted by Crippen LogP contribution is -2.28. The maximum atomic E-state index is 4.12. The van der Waals surface area contributed by atoms with E-state index in [1.165, 1.54) is 66.8 Å². The highest BCUT2D eigenvalue weighted by Crippen LogP contribution is 2.57. The fourth-order valence-corrected chi connectivity index (χ4v) is 8.74. The van der Waals surface area contributed by atoms with E-state index in [2.05, 4.69) is 221 Å². The highest BCUT2D eigenvalue weighted by Gasteiger charge is 2.47. The van der Waals surface area contributed by atoms with Crippen LogP contribution in [-0.2, 0) is 10.8 Å². The lowest BCUT2D eigenvalue weighted by molar-refractivity contribution is 0.767. The minimum Gasteiger partial charge on any atom is -0.129 e. The molecule has 0 spiro atoms. The average Bonchev–Trinajstić information content (AvgIpc) is 3.70. The molecule has 0 fully saturated rings. The average molecular weight is 715 g/mol. The van der Waals surface area contributed by atoms with Crippen molar-refractivity contribution in [2.24, 2.45) is 0 Å². The number of aryl methyl sites for hydroxylation is 1. The molecular formula is C53H47P. The van der Waals surface area contributed by atoms with Gasteiger partial charge in [0.25, 0.3) is 0 Å². The van der Waals surface area contributed by atoms with Crippen LogP contribution in [0.1, 0.15) is 44.5 Å². The highest BCUT2D eigenvalue weighted by atomic mass is 31.1. The number of rotatable bonds is 6. The van der Waals surface area contributed by atoms with Crippen LogP contribution in [0.25, 0.3) is 22.3 Å². The Hall–Kier alpha value is -5.81. The van der Waals surface area contributed by atoms with Gasteiger partial charge < -0.3 is 0 Å². The van der Waals surface area contributed by atoms with Gasteiger partial charge in [-0.1, -0.05) is 219 Å². The van der Waals surface area contributed by atoms with Crippen LogP contribution in [0.4, 0.5) is 0 Å². The van der Waals surface area contributed by atoms with Crippen molar-refractivity contribution in [3.63, 3.8) is 0 Å². The molecule has 7 aromatic carbocycles. The Morgan fingerprint density at radius 2 is 0.852 bits per heavy atom. The summed E-state index contributed by atoms with van der Waals surface area (Å²) in [7, 11) is 1.08. The van der Waals surface area contributed by atoms with Crippen molar-refractivity contribution in [3.05, 3.63) is 263 Å². The molecule has 0 saturated heterocycles. The number of benzene rings is 7. The smallest absolute Gasteiger partial charge is 0.0713 e. The van der Waals surface area contributed by atoms with Gasteiger partial charge in [0.1, 0.15) is 0 Å². The quantitative estimate of drug-likeness (QED) is 0.119. The summed E-state index contributed by atoms with van der Waals surface area (Å²) in [6, 6.07) is 65.7. The monoisotopic (exact) mass is 714 g/mol. The Labute approximate surface area is 324 Å². The molecule has 0 nitrogen and oxygen atoms in total. The van der Waals surface area contributed by atoms with E-state index in [1.807, 2.05) is 12.2 Å². The van der Waals surface area contributed by atoms with Gasteiger partial charge in [0, 0.05) is 0 Å². The lowest BCUT2D eigenvalue weighted by atomic mass is 9.67. The van der Waals surface area contributed by atoms with E-state index < -0.39 is 0 Å². The van der Waals surface area contributed by atoms with Crippen molar-refractivity contribution in [1.29, 1.82) is 0 Å². The van der Waals surface area contributed by atoms with Crippen molar-refractivity contribution < 1.29 is 0 Å². The van der Waals surface area contributed by atoms with Crippen molar-refractivity contribution in [1.82, 2.24) is 0 Å². The Bertz CT molecular complexity index is 2330. The summed E-state index contributed by atoms with van der Waals surface area (Å²) in [6.45, 7) is 14.5. The molecule has 0 radical (unpaired) electrons. The zero-order valence-corrected chi connectivity index (χ0v) is 32.5. The molecule has 0 aromatic heterocycles. The van der Waals surface area contributed by atoms with E-state index in [1.54, 1.807) is 0 Å². The van der Waals surface area contributed by atoms with E-state index in [-0.39, 0.29) is 10.8 Å². The van der Waals surface area contributed by atoms with E-state index in [0.29, 0.717) is 0 Å².